The second kappa shape index (κ2) is 6.43. The van der Waals surface area contributed by atoms with Crippen LogP contribution in [0.5, 0.6) is 0 Å². The number of hydrogen-bond donors (Lipinski definition) is 1. The zero-order valence-electron chi connectivity index (χ0n) is 11.3. The highest BCUT2D eigenvalue weighted by atomic mass is 16.1. The number of hydrogen-bond acceptors (Lipinski definition) is 1. The molecule has 2 heteroatoms. The molecule has 0 bridgehead atoms. The predicted octanol–water partition coefficient (Wildman–Crippen LogP) is 4.07. The van der Waals surface area contributed by atoms with Crippen molar-refractivity contribution < 1.29 is 4.79 Å². The fraction of sp³-hybridized carbons (Fsp3) is 0.533. The normalized spacial score (nSPS) is 12.2. The Kier molecular flexibility index (Phi) is 5.20. The average Bonchev–Trinajstić information content (AvgIpc) is 2.23. The highest BCUT2D eigenvalue weighted by Crippen LogP contribution is 2.16. The van der Waals surface area contributed by atoms with E-state index in [4.69, 9.17) is 0 Å². The SMILES string of the molecule is CCCC(C)CC(=O)Nc1ccc(C)c(C)c1. The monoisotopic (exact) mass is 233 g/mol. The molecule has 1 N–H and O–H groups in total. The zero-order valence-corrected chi connectivity index (χ0v) is 11.3. The van der Waals surface area contributed by atoms with E-state index in [-0.39, 0.29) is 5.91 Å². The van der Waals surface area contributed by atoms with Crippen LogP contribution in [0, 0.1) is 19.8 Å². The maximum Gasteiger partial charge on any atom is 0.224 e. The van der Waals surface area contributed by atoms with Crippen molar-refractivity contribution in [3.05, 3.63) is 29.3 Å². The molecule has 0 radical (unpaired) electrons. The minimum absolute atomic E-state index is 0.120. The standard InChI is InChI=1S/C15H23NO/c1-5-6-11(2)9-15(17)16-14-8-7-12(3)13(4)10-14/h7-8,10-11H,5-6,9H2,1-4H3,(H,16,17). The maximum absolute atomic E-state index is 11.8. The molecule has 0 saturated heterocycles. The molecule has 17 heavy (non-hydrogen) atoms. The lowest BCUT2D eigenvalue weighted by atomic mass is 10.0. The molecule has 2 nitrogen and oxygen atoms in total. The van der Waals surface area contributed by atoms with E-state index in [1.165, 1.54) is 11.1 Å². The average molecular weight is 233 g/mol. The van der Waals surface area contributed by atoms with Crippen LogP contribution in [0.4, 0.5) is 5.69 Å². The van der Waals surface area contributed by atoms with Gasteiger partial charge in [0.1, 0.15) is 0 Å². The Hall–Kier alpha value is -1.31. The molecule has 1 atom stereocenters. The van der Waals surface area contributed by atoms with Gasteiger partial charge in [-0.2, -0.15) is 0 Å². The summed E-state index contributed by atoms with van der Waals surface area (Å²) in [6.45, 7) is 8.41. The Labute approximate surface area is 104 Å². The second-order valence-corrected chi connectivity index (χ2v) is 4.95. The second-order valence-electron chi connectivity index (χ2n) is 4.95. The number of anilines is 1. The summed E-state index contributed by atoms with van der Waals surface area (Å²) >= 11 is 0. The van der Waals surface area contributed by atoms with Crippen LogP contribution >= 0.6 is 0 Å². The third-order valence-corrected chi connectivity index (χ3v) is 3.11. The summed E-state index contributed by atoms with van der Waals surface area (Å²) in [7, 11) is 0. The van der Waals surface area contributed by atoms with Crippen molar-refractivity contribution in [2.75, 3.05) is 5.32 Å². The summed E-state index contributed by atoms with van der Waals surface area (Å²) in [6, 6.07) is 6.03. The van der Waals surface area contributed by atoms with Gasteiger partial charge < -0.3 is 5.32 Å². The summed E-state index contributed by atoms with van der Waals surface area (Å²) in [5, 5.41) is 2.96. The zero-order chi connectivity index (χ0) is 12.8. The van der Waals surface area contributed by atoms with E-state index < -0.39 is 0 Å². The van der Waals surface area contributed by atoms with E-state index in [2.05, 4.69) is 33.0 Å². The van der Waals surface area contributed by atoms with Crippen molar-refractivity contribution in [2.24, 2.45) is 5.92 Å². The van der Waals surface area contributed by atoms with Crippen LogP contribution in [0.2, 0.25) is 0 Å². The summed E-state index contributed by atoms with van der Waals surface area (Å²) in [4.78, 5) is 11.8. The lowest BCUT2D eigenvalue weighted by Gasteiger charge is -2.11. The predicted molar refractivity (Wildman–Crippen MR) is 73.2 cm³/mol. The van der Waals surface area contributed by atoms with Crippen LogP contribution in [0.15, 0.2) is 18.2 Å². The quantitative estimate of drug-likeness (QED) is 0.816. The van der Waals surface area contributed by atoms with Gasteiger partial charge in [-0.15, -0.1) is 0 Å². The lowest BCUT2D eigenvalue weighted by molar-refractivity contribution is -0.117. The van der Waals surface area contributed by atoms with E-state index in [0.717, 1.165) is 18.5 Å². The Morgan fingerprint density at radius 1 is 1.29 bits per heavy atom. The minimum atomic E-state index is 0.120. The molecule has 0 fully saturated rings. The first-order chi connectivity index (χ1) is 8.02. The number of aryl methyl sites for hydroxylation is 2. The van der Waals surface area contributed by atoms with E-state index in [0.29, 0.717) is 12.3 Å². The molecule has 1 aromatic rings. The number of rotatable bonds is 5. The third-order valence-electron chi connectivity index (χ3n) is 3.11. The highest BCUT2D eigenvalue weighted by Gasteiger charge is 2.08. The molecule has 0 aliphatic rings. The van der Waals surface area contributed by atoms with Crippen LogP contribution in [0.1, 0.15) is 44.2 Å². The number of benzene rings is 1. The first-order valence-corrected chi connectivity index (χ1v) is 6.40. The molecule has 1 unspecified atom stereocenters. The molecule has 0 aliphatic carbocycles. The molecule has 0 spiro atoms. The molecule has 1 rings (SSSR count). The van der Waals surface area contributed by atoms with Crippen LogP contribution in [-0.4, -0.2) is 5.91 Å². The van der Waals surface area contributed by atoms with Crippen molar-refractivity contribution in [2.45, 2.75) is 47.0 Å². The number of nitrogens with one attached hydrogen (secondary N) is 1. The van der Waals surface area contributed by atoms with Gasteiger partial charge in [0, 0.05) is 12.1 Å². The van der Waals surface area contributed by atoms with Crippen LogP contribution < -0.4 is 5.32 Å². The van der Waals surface area contributed by atoms with Crippen molar-refractivity contribution in [3.63, 3.8) is 0 Å². The van der Waals surface area contributed by atoms with Gasteiger partial charge in [-0.05, 0) is 43.0 Å². The van der Waals surface area contributed by atoms with Crippen LogP contribution in [-0.2, 0) is 4.79 Å². The summed E-state index contributed by atoms with van der Waals surface area (Å²) in [5.41, 5.74) is 3.37. The number of amides is 1. The van der Waals surface area contributed by atoms with Gasteiger partial charge in [0.05, 0.1) is 0 Å². The first kappa shape index (κ1) is 13.8. The molecule has 0 aliphatic heterocycles. The number of carbonyl (C=O) groups is 1. The molecule has 1 amide bonds. The van der Waals surface area contributed by atoms with E-state index in [1.54, 1.807) is 0 Å². The fourth-order valence-corrected chi connectivity index (χ4v) is 1.94. The molecule has 0 heterocycles. The van der Waals surface area contributed by atoms with Crippen LogP contribution in [0.3, 0.4) is 0 Å². The third kappa shape index (κ3) is 4.59. The summed E-state index contributed by atoms with van der Waals surface area (Å²) in [5.74, 6) is 0.584. The van der Waals surface area contributed by atoms with Gasteiger partial charge in [-0.25, -0.2) is 0 Å². The smallest absolute Gasteiger partial charge is 0.224 e. The van der Waals surface area contributed by atoms with Gasteiger partial charge in [-0.3, -0.25) is 4.79 Å². The van der Waals surface area contributed by atoms with Crippen molar-refractivity contribution in [1.82, 2.24) is 0 Å². The molecule has 1 aromatic carbocycles. The largest absolute Gasteiger partial charge is 0.326 e. The Morgan fingerprint density at radius 3 is 2.59 bits per heavy atom. The van der Waals surface area contributed by atoms with Gasteiger partial charge in [-0.1, -0.05) is 32.8 Å². The topological polar surface area (TPSA) is 29.1 Å². The van der Waals surface area contributed by atoms with Gasteiger partial charge >= 0.3 is 0 Å². The molecule has 0 saturated carbocycles. The Balaban J connectivity index is 2.53. The molecular weight excluding hydrogens is 210 g/mol. The highest BCUT2D eigenvalue weighted by molar-refractivity contribution is 5.90. The summed E-state index contributed by atoms with van der Waals surface area (Å²) < 4.78 is 0. The van der Waals surface area contributed by atoms with Crippen molar-refractivity contribution >= 4 is 11.6 Å². The molecule has 0 aromatic heterocycles. The number of carbonyl (C=O) groups excluding carboxylic acids is 1. The van der Waals surface area contributed by atoms with E-state index in [1.807, 2.05) is 18.2 Å². The maximum atomic E-state index is 11.8. The molecular formula is C15H23NO. The first-order valence-electron chi connectivity index (χ1n) is 6.40. The van der Waals surface area contributed by atoms with Crippen LogP contribution in [0.25, 0.3) is 0 Å². The summed E-state index contributed by atoms with van der Waals surface area (Å²) in [6.07, 6.45) is 2.86. The minimum Gasteiger partial charge on any atom is -0.326 e. The fourth-order valence-electron chi connectivity index (χ4n) is 1.94. The van der Waals surface area contributed by atoms with Gasteiger partial charge in [0.25, 0.3) is 0 Å². The van der Waals surface area contributed by atoms with Crippen molar-refractivity contribution in [1.29, 1.82) is 0 Å². The van der Waals surface area contributed by atoms with E-state index >= 15 is 0 Å². The van der Waals surface area contributed by atoms with Gasteiger partial charge in [0.2, 0.25) is 5.91 Å². The Bertz CT molecular complexity index is 385. The van der Waals surface area contributed by atoms with E-state index in [9.17, 15) is 4.79 Å². The van der Waals surface area contributed by atoms with Gasteiger partial charge in [0.15, 0.2) is 0 Å². The Morgan fingerprint density at radius 2 is 2.00 bits per heavy atom. The molecule has 94 valence electrons. The van der Waals surface area contributed by atoms with Crippen molar-refractivity contribution in [3.8, 4) is 0 Å². The lowest BCUT2D eigenvalue weighted by Crippen LogP contribution is -2.15.